The van der Waals surface area contributed by atoms with E-state index < -0.39 is 0 Å². The number of likely N-dealkylation sites (N-methyl/N-ethyl adjacent to an activating group) is 1. The number of rotatable bonds is 6. The van der Waals surface area contributed by atoms with Crippen LogP contribution < -0.4 is 9.47 Å². The molecule has 0 saturated carbocycles. The number of ether oxygens (including phenoxy) is 2. The van der Waals surface area contributed by atoms with Gasteiger partial charge in [-0.25, -0.2) is 4.39 Å². The van der Waals surface area contributed by atoms with Crippen LogP contribution in [0.5, 0.6) is 11.5 Å². The minimum Gasteiger partial charge on any atom is -0.490 e. The fourth-order valence-electron chi connectivity index (χ4n) is 2.74. The summed E-state index contributed by atoms with van der Waals surface area (Å²) in [5.74, 6) is 0.274. The molecule has 0 spiro atoms. The Morgan fingerprint density at radius 2 is 2.03 bits per heavy atom. The maximum Gasteiger partial charge on any atom is 0.266 e. The molecule has 1 aliphatic rings. The number of halogens is 2. The maximum absolute atomic E-state index is 13.9. The molecule has 3 rings (SSSR count). The standard InChI is InChI=1S/C21H20ClFN2O3S/c1-4-27-17-10-13(11-18-20(26)25(3)21(24-2)29-18)9-15(22)19(17)28-12-14-7-5-6-8-16(14)23/h5-11H,4,12H2,1-3H3/b18-11+,24-21?. The number of amides is 1. The van der Waals surface area contributed by atoms with E-state index in [-0.39, 0.29) is 18.3 Å². The second-order valence-electron chi connectivity index (χ2n) is 6.12. The van der Waals surface area contributed by atoms with Crippen LogP contribution in [0.1, 0.15) is 18.1 Å². The number of carbonyl (C=O) groups excluding carboxylic acids is 1. The van der Waals surface area contributed by atoms with Gasteiger partial charge in [-0.2, -0.15) is 0 Å². The molecule has 1 amide bonds. The van der Waals surface area contributed by atoms with E-state index >= 15 is 0 Å². The van der Waals surface area contributed by atoms with Gasteiger partial charge in [0.2, 0.25) is 0 Å². The topological polar surface area (TPSA) is 51.1 Å². The van der Waals surface area contributed by atoms with Crippen LogP contribution in [0, 0.1) is 5.82 Å². The molecular weight excluding hydrogens is 415 g/mol. The van der Waals surface area contributed by atoms with Gasteiger partial charge in [-0.1, -0.05) is 29.8 Å². The summed E-state index contributed by atoms with van der Waals surface area (Å²) in [4.78, 5) is 18.5. The second-order valence-corrected chi connectivity index (χ2v) is 7.54. The predicted molar refractivity (Wildman–Crippen MR) is 115 cm³/mol. The fourth-order valence-corrected chi connectivity index (χ4v) is 3.94. The summed E-state index contributed by atoms with van der Waals surface area (Å²) < 4.78 is 25.3. The van der Waals surface area contributed by atoms with Crippen molar-refractivity contribution in [3.8, 4) is 11.5 Å². The van der Waals surface area contributed by atoms with Crippen LogP contribution in [0.2, 0.25) is 5.02 Å². The Bertz CT molecular complexity index is 994. The Kier molecular flexibility index (Phi) is 6.82. The summed E-state index contributed by atoms with van der Waals surface area (Å²) in [5.41, 5.74) is 1.11. The maximum atomic E-state index is 13.9. The average molecular weight is 435 g/mol. The molecule has 0 aromatic heterocycles. The molecule has 29 heavy (non-hydrogen) atoms. The first-order chi connectivity index (χ1) is 13.9. The number of hydrogen-bond donors (Lipinski definition) is 0. The van der Waals surface area contributed by atoms with Crippen molar-refractivity contribution >= 4 is 40.5 Å². The normalized spacial score (nSPS) is 16.7. The molecule has 1 aliphatic heterocycles. The van der Waals surface area contributed by atoms with Crippen molar-refractivity contribution in [2.24, 2.45) is 4.99 Å². The number of aliphatic imine (C=N–C) groups is 1. The Labute approximate surface area is 178 Å². The van der Waals surface area contributed by atoms with Gasteiger partial charge in [0.05, 0.1) is 16.5 Å². The summed E-state index contributed by atoms with van der Waals surface area (Å²) in [6.07, 6.45) is 1.73. The van der Waals surface area contributed by atoms with Crippen LogP contribution in [0.4, 0.5) is 4.39 Å². The average Bonchev–Trinajstić information content (AvgIpc) is 2.96. The van der Waals surface area contributed by atoms with E-state index in [1.807, 2.05) is 6.92 Å². The zero-order valence-electron chi connectivity index (χ0n) is 16.2. The summed E-state index contributed by atoms with van der Waals surface area (Å²) in [6, 6.07) is 9.81. The third-order valence-corrected chi connectivity index (χ3v) is 5.59. The molecule has 0 bridgehead atoms. The largest absolute Gasteiger partial charge is 0.490 e. The van der Waals surface area contributed by atoms with Crippen LogP contribution in [0.25, 0.3) is 6.08 Å². The molecule has 0 atom stereocenters. The van der Waals surface area contributed by atoms with Gasteiger partial charge >= 0.3 is 0 Å². The molecule has 2 aromatic carbocycles. The van der Waals surface area contributed by atoms with Crippen molar-refractivity contribution < 1.29 is 18.7 Å². The molecule has 1 heterocycles. The molecular formula is C21H20ClFN2O3S. The highest BCUT2D eigenvalue weighted by molar-refractivity contribution is 8.18. The van der Waals surface area contributed by atoms with Gasteiger partial charge in [-0.3, -0.25) is 14.7 Å². The van der Waals surface area contributed by atoms with Gasteiger partial charge in [-0.05, 0) is 48.5 Å². The molecule has 0 radical (unpaired) electrons. The highest BCUT2D eigenvalue weighted by Crippen LogP contribution is 2.39. The molecule has 8 heteroatoms. The van der Waals surface area contributed by atoms with E-state index in [0.717, 1.165) is 0 Å². The SMILES string of the molecule is CCOc1cc(/C=C2/SC(=NC)N(C)C2=O)cc(Cl)c1OCc1ccccc1F. The molecule has 5 nitrogen and oxygen atoms in total. The number of carbonyl (C=O) groups is 1. The molecule has 152 valence electrons. The number of nitrogens with zero attached hydrogens (tertiary/aromatic N) is 2. The predicted octanol–water partition coefficient (Wildman–Crippen LogP) is 4.99. The minimum atomic E-state index is -0.350. The molecule has 0 aliphatic carbocycles. The van der Waals surface area contributed by atoms with Crippen molar-refractivity contribution in [1.29, 1.82) is 0 Å². The first-order valence-corrected chi connectivity index (χ1v) is 10.1. The van der Waals surface area contributed by atoms with Gasteiger partial charge in [-0.15, -0.1) is 0 Å². The Morgan fingerprint density at radius 1 is 1.28 bits per heavy atom. The summed E-state index contributed by atoms with van der Waals surface area (Å²) in [5, 5.41) is 0.939. The molecule has 1 fully saturated rings. The zero-order chi connectivity index (χ0) is 21.0. The first-order valence-electron chi connectivity index (χ1n) is 8.91. The summed E-state index contributed by atoms with van der Waals surface area (Å²) in [7, 11) is 3.32. The highest BCUT2D eigenvalue weighted by Gasteiger charge is 2.29. The third-order valence-electron chi connectivity index (χ3n) is 4.15. The Morgan fingerprint density at radius 3 is 2.69 bits per heavy atom. The van der Waals surface area contributed by atoms with Gasteiger partial charge in [0.25, 0.3) is 5.91 Å². The second kappa shape index (κ2) is 9.33. The van der Waals surface area contributed by atoms with E-state index in [1.54, 1.807) is 50.5 Å². The van der Waals surface area contributed by atoms with E-state index in [4.69, 9.17) is 21.1 Å². The summed E-state index contributed by atoms with van der Waals surface area (Å²) >= 11 is 7.72. The van der Waals surface area contributed by atoms with Crippen molar-refractivity contribution in [2.75, 3.05) is 20.7 Å². The number of thioether (sulfide) groups is 1. The van der Waals surface area contributed by atoms with Crippen molar-refractivity contribution in [1.82, 2.24) is 4.90 Å². The van der Waals surface area contributed by atoms with Crippen molar-refractivity contribution in [3.05, 3.63) is 63.3 Å². The molecule has 0 N–H and O–H groups in total. The lowest BCUT2D eigenvalue weighted by Crippen LogP contribution is -2.23. The Hall–Kier alpha value is -2.51. The Balaban J connectivity index is 1.90. The molecule has 2 aromatic rings. The minimum absolute atomic E-state index is 0.0162. The fraction of sp³-hybridized carbons (Fsp3) is 0.238. The number of hydrogen-bond acceptors (Lipinski definition) is 5. The molecule has 0 unspecified atom stereocenters. The van der Waals surface area contributed by atoms with Crippen LogP contribution in [-0.2, 0) is 11.4 Å². The van der Waals surface area contributed by atoms with Gasteiger partial charge in [0.15, 0.2) is 16.7 Å². The zero-order valence-corrected chi connectivity index (χ0v) is 17.8. The smallest absolute Gasteiger partial charge is 0.266 e. The van der Waals surface area contributed by atoms with Gasteiger partial charge < -0.3 is 9.47 Å². The monoisotopic (exact) mass is 434 g/mol. The van der Waals surface area contributed by atoms with Crippen LogP contribution in [-0.4, -0.2) is 36.7 Å². The van der Waals surface area contributed by atoms with E-state index in [9.17, 15) is 9.18 Å². The highest BCUT2D eigenvalue weighted by atomic mass is 35.5. The first kappa shape index (κ1) is 21.2. The quantitative estimate of drug-likeness (QED) is 0.601. The van der Waals surface area contributed by atoms with Gasteiger partial charge in [0, 0.05) is 19.7 Å². The lowest BCUT2D eigenvalue weighted by atomic mass is 10.1. The third kappa shape index (κ3) is 4.74. The van der Waals surface area contributed by atoms with Gasteiger partial charge in [0.1, 0.15) is 12.4 Å². The van der Waals surface area contributed by atoms with E-state index in [2.05, 4.69) is 4.99 Å². The van der Waals surface area contributed by atoms with E-state index in [1.165, 1.54) is 22.7 Å². The molecule has 1 saturated heterocycles. The number of benzene rings is 2. The van der Waals surface area contributed by atoms with Crippen molar-refractivity contribution in [3.63, 3.8) is 0 Å². The summed E-state index contributed by atoms with van der Waals surface area (Å²) in [6.45, 7) is 2.26. The van der Waals surface area contributed by atoms with Crippen LogP contribution >= 0.6 is 23.4 Å². The van der Waals surface area contributed by atoms with E-state index in [0.29, 0.717) is 44.3 Å². The lowest BCUT2D eigenvalue weighted by molar-refractivity contribution is -0.121. The van der Waals surface area contributed by atoms with Crippen molar-refractivity contribution in [2.45, 2.75) is 13.5 Å². The van der Waals surface area contributed by atoms with Crippen LogP contribution in [0.3, 0.4) is 0 Å². The lowest BCUT2D eigenvalue weighted by Gasteiger charge is -2.15. The van der Waals surface area contributed by atoms with Crippen LogP contribution in [0.15, 0.2) is 46.3 Å². The number of amidine groups is 1.